The summed E-state index contributed by atoms with van der Waals surface area (Å²) in [4.78, 5) is 25.3. The highest BCUT2D eigenvalue weighted by Gasteiger charge is 2.38. The molecule has 0 radical (unpaired) electrons. The number of carbonyl (C=O) groups excluding carboxylic acids is 2. The summed E-state index contributed by atoms with van der Waals surface area (Å²) in [7, 11) is 1.58. The molecule has 1 aliphatic rings. The molecule has 1 fully saturated rings. The molecule has 0 aliphatic carbocycles. The van der Waals surface area contributed by atoms with Gasteiger partial charge < -0.3 is 15.4 Å². The van der Waals surface area contributed by atoms with Crippen LogP contribution in [-0.4, -0.2) is 42.5 Å². The lowest BCUT2D eigenvalue weighted by atomic mass is 10.1. The van der Waals surface area contributed by atoms with Gasteiger partial charge in [-0.15, -0.1) is 0 Å². The number of methoxy groups -OCH3 is 1. The Labute approximate surface area is 130 Å². The molecule has 5 heteroatoms. The van der Waals surface area contributed by atoms with Crippen LogP contribution in [-0.2, 0) is 14.3 Å². The lowest BCUT2D eigenvalue weighted by Crippen LogP contribution is -2.43. The molecule has 0 aromatic heterocycles. The van der Waals surface area contributed by atoms with Crippen molar-refractivity contribution in [3.63, 3.8) is 0 Å². The van der Waals surface area contributed by atoms with Crippen molar-refractivity contribution in [1.82, 2.24) is 4.90 Å². The third-order valence-corrected chi connectivity index (χ3v) is 3.88. The smallest absolute Gasteiger partial charge is 0.240 e. The lowest BCUT2D eigenvalue weighted by Gasteiger charge is -2.21. The normalized spacial score (nSPS) is 21.4. The summed E-state index contributed by atoms with van der Waals surface area (Å²) in [5, 5.41) is 0. The van der Waals surface area contributed by atoms with Gasteiger partial charge in [0.05, 0.1) is 6.10 Å². The van der Waals surface area contributed by atoms with E-state index >= 15 is 0 Å². The van der Waals surface area contributed by atoms with Crippen molar-refractivity contribution in [2.45, 2.75) is 31.4 Å². The number of nitrogens with two attached hydrogens (primary N) is 1. The van der Waals surface area contributed by atoms with Crippen molar-refractivity contribution in [1.29, 1.82) is 0 Å². The highest BCUT2D eigenvalue weighted by molar-refractivity contribution is 5.87. The van der Waals surface area contributed by atoms with Crippen LogP contribution in [0.2, 0.25) is 0 Å². The molecular formula is C17H22N2O3. The first kappa shape index (κ1) is 16.2. The number of benzene rings is 1. The standard InChI is InChI=1S/C17H22N2O3/c1-22-14-11-15(17(18)21)19(12-14)16(20)10-6-5-9-13-7-3-2-4-8-13/h2-5,7-9,14-15H,6,10-12H2,1H3,(H2,18,21)/b9-5+/t14-,15-/m0/s1. The van der Waals surface area contributed by atoms with Gasteiger partial charge in [-0.1, -0.05) is 42.5 Å². The minimum Gasteiger partial charge on any atom is -0.380 e. The second-order valence-corrected chi connectivity index (χ2v) is 5.41. The van der Waals surface area contributed by atoms with Crippen LogP contribution in [0.1, 0.15) is 24.8 Å². The van der Waals surface area contributed by atoms with Crippen molar-refractivity contribution in [2.75, 3.05) is 13.7 Å². The molecule has 2 amide bonds. The van der Waals surface area contributed by atoms with Crippen molar-refractivity contribution in [3.05, 3.63) is 42.0 Å². The van der Waals surface area contributed by atoms with E-state index in [1.54, 1.807) is 12.0 Å². The summed E-state index contributed by atoms with van der Waals surface area (Å²) in [5.74, 6) is -0.520. The highest BCUT2D eigenvalue weighted by atomic mass is 16.5. The van der Waals surface area contributed by atoms with Crippen LogP contribution in [0.4, 0.5) is 0 Å². The molecular weight excluding hydrogens is 280 g/mol. The summed E-state index contributed by atoms with van der Waals surface area (Å²) in [6, 6.07) is 9.37. The number of rotatable bonds is 6. The number of carbonyl (C=O) groups is 2. The molecule has 5 nitrogen and oxygen atoms in total. The molecule has 0 saturated carbocycles. The maximum absolute atomic E-state index is 12.3. The molecule has 0 spiro atoms. The molecule has 1 saturated heterocycles. The molecule has 0 unspecified atom stereocenters. The fourth-order valence-electron chi connectivity index (χ4n) is 2.65. The first-order chi connectivity index (χ1) is 10.6. The first-order valence-corrected chi connectivity index (χ1v) is 7.45. The van der Waals surface area contributed by atoms with E-state index < -0.39 is 11.9 Å². The Hall–Kier alpha value is -2.14. The van der Waals surface area contributed by atoms with Crippen molar-refractivity contribution in [2.24, 2.45) is 5.73 Å². The van der Waals surface area contributed by atoms with Crippen LogP contribution in [0.25, 0.3) is 6.08 Å². The summed E-state index contributed by atoms with van der Waals surface area (Å²) >= 11 is 0. The van der Waals surface area contributed by atoms with E-state index in [9.17, 15) is 9.59 Å². The van der Waals surface area contributed by atoms with Crippen LogP contribution in [0.5, 0.6) is 0 Å². The molecule has 22 heavy (non-hydrogen) atoms. The van der Waals surface area contributed by atoms with Crippen LogP contribution in [0.3, 0.4) is 0 Å². The molecule has 1 heterocycles. The average Bonchev–Trinajstić information content (AvgIpc) is 2.97. The van der Waals surface area contributed by atoms with Gasteiger partial charge in [0.25, 0.3) is 0 Å². The number of amides is 2. The molecule has 2 rings (SSSR count). The van der Waals surface area contributed by atoms with Gasteiger partial charge in [-0.2, -0.15) is 0 Å². The third-order valence-electron chi connectivity index (χ3n) is 3.88. The van der Waals surface area contributed by atoms with E-state index in [1.807, 2.05) is 42.5 Å². The fourth-order valence-corrected chi connectivity index (χ4v) is 2.65. The predicted octanol–water partition coefficient (Wildman–Crippen LogP) is 1.58. The Kier molecular flexibility index (Phi) is 5.72. The maximum atomic E-state index is 12.3. The molecule has 2 N–H and O–H groups in total. The quantitative estimate of drug-likeness (QED) is 0.867. The summed E-state index contributed by atoms with van der Waals surface area (Å²) in [6.45, 7) is 0.436. The number of hydrogen-bond acceptors (Lipinski definition) is 3. The summed E-state index contributed by atoms with van der Waals surface area (Å²) in [6.07, 6.45) is 5.33. The van der Waals surface area contributed by atoms with E-state index in [-0.39, 0.29) is 12.0 Å². The van der Waals surface area contributed by atoms with Crippen LogP contribution in [0, 0.1) is 0 Å². The second-order valence-electron chi connectivity index (χ2n) is 5.41. The largest absolute Gasteiger partial charge is 0.380 e. The molecule has 0 bridgehead atoms. The van der Waals surface area contributed by atoms with Gasteiger partial charge in [0.2, 0.25) is 11.8 Å². The van der Waals surface area contributed by atoms with Gasteiger partial charge in [-0.25, -0.2) is 0 Å². The minimum absolute atomic E-state index is 0.0546. The van der Waals surface area contributed by atoms with Crippen LogP contribution >= 0.6 is 0 Å². The zero-order valence-electron chi connectivity index (χ0n) is 12.8. The maximum Gasteiger partial charge on any atom is 0.240 e. The van der Waals surface area contributed by atoms with E-state index in [0.717, 1.165) is 5.56 Å². The Bertz CT molecular complexity index is 542. The van der Waals surface area contributed by atoms with Crippen molar-refractivity contribution < 1.29 is 14.3 Å². The Morgan fingerprint density at radius 2 is 2.09 bits per heavy atom. The summed E-state index contributed by atoms with van der Waals surface area (Å²) < 4.78 is 5.24. The molecule has 1 aromatic rings. The fraction of sp³-hybridized carbons (Fsp3) is 0.412. The lowest BCUT2D eigenvalue weighted by molar-refractivity contribution is -0.137. The Morgan fingerprint density at radius 3 is 2.73 bits per heavy atom. The van der Waals surface area contributed by atoms with Gasteiger partial charge in [-0.05, 0) is 12.0 Å². The zero-order valence-corrected chi connectivity index (χ0v) is 12.8. The molecule has 2 atom stereocenters. The van der Waals surface area contributed by atoms with E-state index in [2.05, 4.69) is 0 Å². The van der Waals surface area contributed by atoms with Gasteiger partial charge in [0, 0.05) is 26.5 Å². The number of ether oxygens (including phenoxy) is 1. The van der Waals surface area contributed by atoms with Gasteiger partial charge in [0.15, 0.2) is 0 Å². The number of likely N-dealkylation sites (tertiary alicyclic amines) is 1. The molecule has 1 aromatic carbocycles. The van der Waals surface area contributed by atoms with E-state index in [1.165, 1.54) is 0 Å². The minimum atomic E-state index is -0.546. The Balaban J connectivity index is 1.86. The molecule has 118 valence electrons. The second kappa shape index (κ2) is 7.75. The zero-order chi connectivity index (χ0) is 15.9. The number of primary amides is 1. The van der Waals surface area contributed by atoms with Crippen LogP contribution in [0.15, 0.2) is 36.4 Å². The average molecular weight is 302 g/mol. The van der Waals surface area contributed by atoms with Crippen molar-refractivity contribution >= 4 is 17.9 Å². The number of hydrogen-bond donors (Lipinski definition) is 1. The van der Waals surface area contributed by atoms with Gasteiger partial charge in [-0.3, -0.25) is 9.59 Å². The topological polar surface area (TPSA) is 72.6 Å². The summed E-state index contributed by atoms with van der Waals surface area (Å²) in [5.41, 5.74) is 6.47. The predicted molar refractivity (Wildman–Crippen MR) is 84.8 cm³/mol. The Morgan fingerprint density at radius 1 is 1.36 bits per heavy atom. The van der Waals surface area contributed by atoms with E-state index in [0.29, 0.717) is 25.8 Å². The van der Waals surface area contributed by atoms with Crippen molar-refractivity contribution in [3.8, 4) is 0 Å². The monoisotopic (exact) mass is 302 g/mol. The molecule has 1 aliphatic heterocycles. The number of allylic oxidation sites excluding steroid dienone is 1. The first-order valence-electron chi connectivity index (χ1n) is 7.45. The third kappa shape index (κ3) is 4.18. The van der Waals surface area contributed by atoms with Crippen LogP contribution < -0.4 is 5.73 Å². The highest BCUT2D eigenvalue weighted by Crippen LogP contribution is 2.21. The SMILES string of the molecule is CO[C@H]1C[C@@H](C(N)=O)N(C(=O)CC/C=C/c2ccccc2)C1. The van der Waals surface area contributed by atoms with E-state index in [4.69, 9.17) is 10.5 Å². The van der Waals surface area contributed by atoms with Gasteiger partial charge >= 0.3 is 0 Å². The van der Waals surface area contributed by atoms with Gasteiger partial charge in [0.1, 0.15) is 6.04 Å². The number of nitrogens with zero attached hydrogens (tertiary/aromatic N) is 1.